The maximum Gasteiger partial charge on any atom is 0.219 e. The summed E-state index contributed by atoms with van der Waals surface area (Å²) in [5, 5.41) is 0. The molecule has 122 valence electrons. The first-order valence-electron chi connectivity index (χ1n) is 8.27. The molecule has 0 amide bonds. The summed E-state index contributed by atoms with van der Waals surface area (Å²) < 4.78 is 12.3. The van der Waals surface area contributed by atoms with Gasteiger partial charge in [-0.15, -0.1) is 0 Å². The molecule has 2 aromatic rings. The van der Waals surface area contributed by atoms with E-state index in [-0.39, 0.29) is 5.52 Å². The lowest BCUT2D eigenvalue weighted by atomic mass is 10.0. The number of unbranched alkanes of at least 4 members (excludes halogenated alkanes) is 2. The molecule has 0 aliphatic carbocycles. The van der Waals surface area contributed by atoms with E-state index in [0.29, 0.717) is 11.7 Å². The van der Waals surface area contributed by atoms with Crippen LogP contribution in [0.15, 0.2) is 48.5 Å². The Kier molecular flexibility index (Phi) is 6.80. The molecule has 0 saturated heterocycles. The monoisotopic (exact) mass is 328 g/mol. The number of carbonyl (C=O) groups is 1. The van der Waals surface area contributed by atoms with Crippen molar-refractivity contribution >= 4 is 13.3 Å². The first kappa shape index (κ1) is 17.7. The van der Waals surface area contributed by atoms with Gasteiger partial charge < -0.3 is 4.57 Å². The maximum atomic E-state index is 12.4. The number of hydrogen-bond acceptors (Lipinski definition) is 2. The molecule has 2 rings (SSSR count). The van der Waals surface area contributed by atoms with E-state index in [0.717, 1.165) is 36.8 Å². The minimum Gasteiger partial charge on any atom is -0.318 e. The highest BCUT2D eigenvalue weighted by Crippen LogP contribution is 2.31. The topological polar surface area (TPSA) is 34.1 Å². The van der Waals surface area contributed by atoms with Gasteiger partial charge in [-0.2, -0.15) is 0 Å². The molecule has 0 spiro atoms. The third-order valence-corrected chi connectivity index (χ3v) is 5.74. The van der Waals surface area contributed by atoms with Gasteiger partial charge in [0.15, 0.2) is 0 Å². The summed E-state index contributed by atoms with van der Waals surface area (Å²) in [5.74, 6) is 0. The highest BCUT2D eigenvalue weighted by Gasteiger charge is 2.17. The van der Waals surface area contributed by atoms with E-state index in [9.17, 15) is 9.36 Å². The third-order valence-electron chi connectivity index (χ3n) is 4.17. The van der Waals surface area contributed by atoms with Crippen molar-refractivity contribution in [3.05, 3.63) is 70.8 Å². The van der Waals surface area contributed by atoms with Crippen LogP contribution in [0.2, 0.25) is 0 Å². The van der Waals surface area contributed by atoms with Gasteiger partial charge in [0, 0.05) is 11.7 Å². The molecule has 1 unspecified atom stereocenters. The van der Waals surface area contributed by atoms with Gasteiger partial charge in [0.05, 0.1) is 0 Å². The van der Waals surface area contributed by atoms with E-state index < -0.39 is 7.80 Å². The summed E-state index contributed by atoms with van der Waals surface area (Å²) in [6.45, 7) is 3.82. The van der Waals surface area contributed by atoms with Crippen molar-refractivity contribution in [3.63, 3.8) is 0 Å². The van der Waals surface area contributed by atoms with Gasteiger partial charge in [0.25, 0.3) is 0 Å². The molecular weight excluding hydrogens is 303 g/mol. The van der Waals surface area contributed by atoms with Crippen molar-refractivity contribution in [2.24, 2.45) is 0 Å². The fraction of sp³-hybridized carbons (Fsp3) is 0.350. The van der Waals surface area contributed by atoms with Crippen molar-refractivity contribution in [1.82, 2.24) is 0 Å². The third kappa shape index (κ3) is 5.18. The fourth-order valence-corrected chi connectivity index (χ4v) is 4.33. The molecule has 0 aromatic heterocycles. The van der Waals surface area contributed by atoms with Crippen molar-refractivity contribution < 1.29 is 9.36 Å². The Morgan fingerprint density at radius 2 is 1.52 bits per heavy atom. The first-order valence-corrected chi connectivity index (χ1v) is 9.89. The van der Waals surface area contributed by atoms with Crippen LogP contribution in [-0.4, -0.2) is 11.7 Å². The maximum absolute atomic E-state index is 12.4. The Hall–Kier alpha value is -1.66. The Morgan fingerprint density at radius 1 is 0.870 bits per heavy atom. The summed E-state index contributed by atoms with van der Waals surface area (Å²) in [6, 6.07) is 16.1. The number of hydrogen-bond donors (Lipinski definition) is 0. The molecule has 0 saturated carbocycles. The first-order chi connectivity index (χ1) is 11.1. The van der Waals surface area contributed by atoms with Crippen LogP contribution in [-0.2, 0) is 11.0 Å². The van der Waals surface area contributed by atoms with Crippen LogP contribution in [0.25, 0.3) is 0 Å². The molecular formula is C20H25O2P. The van der Waals surface area contributed by atoms with Crippen molar-refractivity contribution in [3.8, 4) is 0 Å². The lowest BCUT2D eigenvalue weighted by molar-refractivity contribution is 0.107. The van der Waals surface area contributed by atoms with E-state index in [4.69, 9.17) is 0 Å². The molecule has 0 radical (unpaired) electrons. The summed E-state index contributed by atoms with van der Waals surface area (Å²) in [6.07, 6.45) is 4.54. The molecule has 1 atom stereocenters. The smallest absolute Gasteiger partial charge is 0.219 e. The van der Waals surface area contributed by atoms with Crippen LogP contribution in [0.1, 0.15) is 46.3 Å². The molecule has 0 heterocycles. The predicted octanol–water partition coefficient (Wildman–Crippen LogP) is 5.42. The molecule has 2 nitrogen and oxygen atoms in total. The number of carbonyl (C=O) groups excluding carboxylic acids is 1. The highest BCUT2D eigenvalue weighted by molar-refractivity contribution is 7.64. The van der Waals surface area contributed by atoms with Crippen molar-refractivity contribution in [1.29, 1.82) is 0 Å². The fourth-order valence-electron chi connectivity index (χ4n) is 2.86. The normalized spacial score (nSPS) is 12.1. The summed E-state index contributed by atoms with van der Waals surface area (Å²) in [4.78, 5) is 12.4. The molecule has 0 aliphatic heterocycles. The van der Waals surface area contributed by atoms with Gasteiger partial charge >= 0.3 is 0 Å². The highest BCUT2D eigenvalue weighted by atomic mass is 31.1. The van der Waals surface area contributed by atoms with Crippen LogP contribution >= 0.6 is 7.80 Å². The largest absolute Gasteiger partial charge is 0.318 e. The molecule has 23 heavy (non-hydrogen) atoms. The van der Waals surface area contributed by atoms with E-state index in [1.54, 1.807) is 0 Å². The predicted molar refractivity (Wildman–Crippen MR) is 98.1 cm³/mol. The van der Waals surface area contributed by atoms with Crippen molar-refractivity contribution in [2.75, 3.05) is 6.16 Å². The lowest BCUT2D eigenvalue weighted by Crippen LogP contribution is -2.01. The second-order valence-corrected chi connectivity index (χ2v) is 7.87. The Balaban J connectivity index is 1.77. The van der Waals surface area contributed by atoms with Crippen LogP contribution in [0, 0.1) is 13.8 Å². The molecule has 0 fully saturated rings. The zero-order valence-corrected chi connectivity index (χ0v) is 15.0. The van der Waals surface area contributed by atoms with Crippen LogP contribution in [0.5, 0.6) is 0 Å². The van der Waals surface area contributed by atoms with E-state index >= 15 is 0 Å². The zero-order valence-electron chi connectivity index (χ0n) is 14.0. The Morgan fingerprint density at radius 3 is 2.17 bits per heavy atom. The molecule has 3 heteroatoms. The lowest BCUT2D eigenvalue weighted by Gasteiger charge is -2.08. The van der Waals surface area contributed by atoms with E-state index in [1.807, 2.05) is 38.1 Å². The van der Waals surface area contributed by atoms with Gasteiger partial charge in [-0.1, -0.05) is 55.0 Å². The zero-order chi connectivity index (χ0) is 16.7. The molecule has 0 bridgehead atoms. The quantitative estimate of drug-likeness (QED) is 0.479. The average molecular weight is 328 g/mol. The van der Waals surface area contributed by atoms with Gasteiger partial charge in [0.2, 0.25) is 5.52 Å². The average Bonchev–Trinajstić information content (AvgIpc) is 2.55. The number of rotatable bonds is 8. The second kappa shape index (κ2) is 8.84. The SMILES string of the molecule is Cc1cccc(C)c1C(=O)[PH](=O)CCCCCc1ccccc1. The number of benzene rings is 2. The minimum atomic E-state index is -2.20. The molecule has 0 aliphatic rings. The van der Waals surface area contributed by atoms with Crippen LogP contribution in [0.4, 0.5) is 0 Å². The van der Waals surface area contributed by atoms with Crippen LogP contribution in [0.3, 0.4) is 0 Å². The van der Waals surface area contributed by atoms with Gasteiger partial charge in [-0.05, 0) is 49.8 Å². The summed E-state index contributed by atoms with van der Waals surface area (Å²) in [5.41, 5.74) is 3.72. The number of aryl methyl sites for hydroxylation is 3. The van der Waals surface area contributed by atoms with E-state index in [2.05, 4.69) is 24.3 Å². The minimum absolute atomic E-state index is 0.145. The molecule has 0 N–H and O–H groups in total. The van der Waals surface area contributed by atoms with Crippen LogP contribution < -0.4 is 0 Å². The Bertz CT molecular complexity index is 657. The van der Waals surface area contributed by atoms with Gasteiger partial charge in [-0.3, -0.25) is 4.79 Å². The van der Waals surface area contributed by atoms with Crippen molar-refractivity contribution in [2.45, 2.75) is 39.5 Å². The Labute approximate surface area is 139 Å². The standard InChI is InChI=1S/C20H25O2P/c1-16-10-9-11-17(2)19(16)20(21)23(22)15-8-4-7-14-18-12-5-3-6-13-18/h3,5-6,9-13,23H,4,7-8,14-15H2,1-2H3. The molecule has 2 aromatic carbocycles. The van der Waals surface area contributed by atoms with Gasteiger partial charge in [-0.25, -0.2) is 0 Å². The summed E-state index contributed by atoms with van der Waals surface area (Å²) in [7, 11) is -2.20. The second-order valence-electron chi connectivity index (χ2n) is 6.07. The van der Waals surface area contributed by atoms with Gasteiger partial charge in [0.1, 0.15) is 7.80 Å². The summed E-state index contributed by atoms with van der Waals surface area (Å²) >= 11 is 0. The van der Waals surface area contributed by atoms with E-state index in [1.165, 1.54) is 5.56 Å².